The van der Waals surface area contributed by atoms with Crippen LogP contribution in [0.4, 0.5) is 10.5 Å². The molecule has 0 saturated heterocycles. The van der Waals surface area contributed by atoms with Gasteiger partial charge in [-0.3, -0.25) is 0 Å². The van der Waals surface area contributed by atoms with Crippen LogP contribution >= 0.6 is 0 Å². The molecule has 1 heterocycles. The summed E-state index contributed by atoms with van der Waals surface area (Å²) in [4.78, 5) is 18.7. The summed E-state index contributed by atoms with van der Waals surface area (Å²) in [7, 11) is 0. The summed E-state index contributed by atoms with van der Waals surface area (Å²) in [6.45, 7) is 12.2. The van der Waals surface area contributed by atoms with Gasteiger partial charge in [-0.15, -0.1) is 0 Å². The Hall–Kier alpha value is -2.70. The summed E-state index contributed by atoms with van der Waals surface area (Å²) in [6, 6.07) is 8.53. The smallest absolute Gasteiger partial charge is 0.407 e. The quantitative estimate of drug-likeness (QED) is 0.270. The number of aliphatic imine (C=N–C) groups is 1. The molecule has 1 aliphatic heterocycles. The molecule has 1 aromatic carbocycles. The van der Waals surface area contributed by atoms with E-state index >= 15 is 0 Å². The number of carbonyl (C=O) groups is 1. The van der Waals surface area contributed by atoms with Gasteiger partial charge in [0.2, 0.25) is 0 Å². The molecule has 3 N–H and O–H groups in total. The Morgan fingerprint density at radius 1 is 1.14 bits per heavy atom. The molecule has 160 valence electrons. The van der Waals surface area contributed by atoms with Crippen LogP contribution in [-0.2, 0) is 11.3 Å². The minimum Gasteiger partial charge on any atom is -0.444 e. The molecule has 0 aliphatic carbocycles. The molecule has 0 unspecified atom stereocenters. The average molecular weight is 402 g/mol. The number of hydrogen-bond donors (Lipinski definition) is 3. The molecule has 0 spiro atoms. The van der Waals surface area contributed by atoms with Gasteiger partial charge in [0.1, 0.15) is 5.60 Å². The highest BCUT2D eigenvalue weighted by molar-refractivity contribution is 5.79. The fourth-order valence-corrected chi connectivity index (χ4v) is 2.85. The molecule has 0 radical (unpaired) electrons. The number of alkyl carbamates (subject to hydrolysis) is 1. The number of nitrogens with one attached hydrogen (secondary N) is 3. The predicted molar refractivity (Wildman–Crippen MR) is 119 cm³/mol. The van der Waals surface area contributed by atoms with Gasteiger partial charge in [0.25, 0.3) is 0 Å². The third-order valence-corrected chi connectivity index (χ3v) is 4.17. The molecular formula is C22H35N5O2. The summed E-state index contributed by atoms with van der Waals surface area (Å²) in [5, 5.41) is 9.33. The van der Waals surface area contributed by atoms with E-state index in [2.05, 4.69) is 62.3 Å². The molecule has 7 heteroatoms. The number of guanidine groups is 1. The molecule has 0 saturated carbocycles. The van der Waals surface area contributed by atoms with E-state index in [4.69, 9.17) is 4.74 Å². The summed E-state index contributed by atoms with van der Waals surface area (Å²) in [5.74, 6) is 0.776. The fourth-order valence-electron chi connectivity index (χ4n) is 2.85. The summed E-state index contributed by atoms with van der Waals surface area (Å²) >= 11 is 0. The van der Waals surface area contributed by atoms with Gasteiger partial charge in [-0.1, -0.05) is 24.3 Å². The molecule has 2 rings (SSSR count). The molecule has 0 aromatic heterocycles. The van der Waals surface area contributed by atoms with Crippen molar-refractivity contribution < 1.29 is 9.53 Å². The maximum Gasteiger partial charge on any atom is 0.407 e. The fraction of sp³-hybridized carbons (Fsp3) is 0.545. The van der Waals surface area contributed by atoms with Crippen LogP contribution < -0.4 is 20.9 Å². The molecule has 1 aliphatic rings. The Kier molecular flexibility index (Phi) is 8.83. The number of nitrogens with zero attached hydrogens (tertiary/aromatic N) is 2. The molecule has 29 heavy (non-hydrogen) atoms. The van der Waals surface area contributed by atoms with E-state index in [0.29, 0.717) is 19.6 Å². The SMILES string of the molecule is CCNC(=NCc1cccc(N2CC=CC2)c1)NCCCNC(=O)OC(C)(C)C. The first kappa shape index (κ1) is 22.6. The maximum atomic E-state index is 11.6. The van der Waals surface area contributed by atoms with Crippen molar-refractivity contribution in [2.24, 2.45) is 4.99 Å². The third kappa shape index (κ3) is 8.89. The van der Waals surface area contributed by atoms with Crippen LogP contribution in [0.3, 0.4) is 0 Å². The first-order valence-corrected chi connectivity index (χ1v) is 10.4. The van der Waals surface area contributed by atoms with Crippen LogP contribution in [0, 0.1) is 0 Å². The first-order chi connectivity index (χ1) is 13.9. The molecule has 0 atom stereocenters. The minimum atomic E-state index is -0.476. The zero-order valence-electron chi connectivity index (χ0n) is 18.1. The predicted octanol–water partition coefficient (Wildman–Crippen LogP) is 3.03. The molecule has 7 nitrogen and oxygen atoms in total. The average Bonchev–Trinajstić information content (AvgIpc) is 3.19. The van der Waals surface area contributed by atoms with Crippen LogP contribution in [0.2, 0.25) is 0 Å². The topological polar surface area (TPSA) is 78.0 Å². The van der Waals surface area contributed by atoms with Crippen molar-refractivity contribution in [3.63, 3.8) is 0 Å². The molecule has 1 amide bonds. The lowest BCUT2D eigenvalue weighted by molar-refractivity contribution is 0.0527. The van der Waals surface area contributed by atoms with E-state index in [1.165, 1.54) is 11.3 Å². The van der Waals surface area contributed by atoms with E-state index in [1.54, 1.807) is 0 Å². The lowest BCUT2D eigenvalue weighted by Gasteiger charge is -2.19. The van der Waals surface area contributed by atoms with Gasteiger partial charge in [0.15, 0.2) is 5.96 Å². The second kappa shape index (κ2) is 11.3. The highest BCUT2D eigenvalue weighted by atomic mass is 16.6. The van der Waals surface area contributed by atoms with E-state index in [9.17, 15) is 4.79 Å². The Balaban J connectivity index is 1.76. The normalized spacial score (nSPS) is 14.1. The summed E-state index contributed by atoms with van der Waals surface area (Å²) in [6.07, 6.45) is 4.78. The number of anilines is 1. The number of benzene rings is 1. The zero-order valence-corrected chi connectivity index (χ0v) is 18.1. The van der Waals surface area contributed by atoms with Crippen LogP contribution in [0.25, 0.3) is 0 Å². The number of ether oxygens (including phenoxy) is 1. The van der Waals surface area contributed by atoms with Crippen molar-refractivity contribution in [2.75, 3.05) is 37.6 Å². The van der Waals surface area contributed by atoms with Crippen molar-refractivity contribution >= 4 is 17.7 Å². The van der Waals surface area contributed by atoms with Crippen molar-refractivity contribution in [3.8, 4) is 0 Å². The highest BCUT2D eigenvalue weighted by Crippen LogP contribution is 2.18. The zero-order chi connectivity index (χ0) is 21.1. The van der Waals surface area contributed by atoms with Gasteiger partial charge >= 0.3 is 6.09 Å². The van der Waals surface area contributed by atoms with Gasteiger partial charge in [-0.2, -0.15) is 0 Å². The van der Waals surface area contributed by atoms with Crippen molar-refractivity contribution in [1.29, 1.82) is 0 Å². The third-order valence-electron chi connectivity index (χ3n) is 4.17. The van der Waals surface area contributed by atoms with Gasteiger partial charge in [0.05, 0.1) is 6.54 Å². The largest absolute Gasteiger partial charge is 0.444 e. The summed E-state index contributed by atoms with van der Waals surface area (Å²) < 4.78 is 5.22. The molecule has 0 bridgehead atoms. The van der Waals surface area contributed by atoms with Crippen LogP contribution in [0.5, 0.6) is 0 Å². The van der Waals surface area contributed by atoms with E-state index in [1.807, 2.05) is 27.7 Å². The monoisotopic (exact) mass is 401 g/mol. The Morgan fingerprint density at radius 3 is 2.55 bits per heavy atom. The number of rotatable bonds is 8. The second-order valence-electron chi connectivity index (χ2n) is 7.95. The first-order valence-electron chi connectivity index (χ1n) is 10.4. The number of amides is 1. The van der Waals surface area contributed by atoms with Gasteiger partial charge in [-0.25, -0.2) is 9.79 Å². The van der Waals surface area contributed by atoms with Crippen LogP contribution in [0.1, 0.15) is 39.7 Å². The molecular weight excluding hydrogens is 366 g/mol. The summed E-state index contributed by atoms with van der Waals surface area (Å²) in [5.41, 5.74) is 1.93. The maximum absolute atomic E-state index is 11.6. The van der Waals surface area contributed by atoms with E-state index < -0.39 is 5.60 Å². The standard InChI is InChI=1S/C22H35N5O2/c1-5-23-20(24-12-9-13-25-21(28)29-22(2,3)4)26-17-18-10-8-11-19(16-18)27-14-6-7-15-27/h6-8,10-11,16H,5,9,12-15,17H2,1-4H3,(H,25,28)(H2,23,24,26). The minimum absolute atomic E-state index is 0.383. The molecule has 1 aromatic rings. The van der Waals surface area contributed by atoms with Crippen molar-refractivity contribution in [1.82, 2.24) is 16.0 Å². The van der Waals surface area contributed by atoms with Gasteiger partial charge in [0, 0.05) is 38.4 Å². The Labute approximate surface area is 174 Å². The van der Waals surface area contributed by atoms with Crippen LogP contribution in [-0.4, -0.2) is 50.4 Å². The van der Waals surface area contributed by atoms with Gasteiger partial charge < -0.3 is 25.6 Å². The van der Waals surface area contributed by atoms with Crippen LogP contribution in [0.15, 0.2) is 41.4 Å². The van der Waals surface area contributed by atoms with Crippen molar-refractivity contribution in [3.05, 3.63) is 42.0 Å². The second-order valence-corrected chi connectivity index (χ2v) is 7.95. The molecule has 0 fully saturated rings. The highest BCUT2D eigenvalue weighted by Gasteiger charge is 2.15. The van der Waals surface area contributed by atoms with Gasteiger partial charge in [-0.05, 0) is 51.8 Å². The lowest BCUT2D eigenvalue weighted by atomic mass is 10.2. The number of hydrogen-bond acceptors (Lipinski definition) is 4. The lowest BCUT2D eigenvalue weighted by Crippen LogP contribution is -2.39. The Morgan fingerprint density at radius 2 is 1.86 bits per heavy atom. The van der Waals surface area contributed by atoms with E-state index in [-0.39, 0.29) is 6.09 Å². The Bertz CT molecular complexity index is 701. The van der Waals surface area contributed by atoms with Crippen molar-refractivity contribution in [2.45, 2.75) is 46.3 Å². The number of carbonyl (C=O) groups excluding carboxylic acids is 1. The van der Waals surface area contributed by atoms with E-state index in [0.717, 1.165) is 32.0 Å².